The number of thiophene rings is 1. The summed E-state index contributed by atoms with van der Waals surface area (Å²) in [7, 11) is 0. The largest absolute Gasteiger partial charge is 0.337 e. The van der Waals surface area contributed by atoms with Gasteiger partial charge in [0.1, 0.15) is 21.7 Å². The quantitative estimate of drug-likeness (QED) is 0.671. The Kier molecular flexibility index (Phi) is 5.04. The number of hydrogen-bond donors (Lipinski definition) is 1. The second kappa shape index (κ2) is 6.63. The van der Waals surface area contributed by atoms with Crippen LogP contribution in [0.1, 0.15) is 27.7 Å². The zero-order valence-electron chi connectivity index (χ0n) is 13.0. The molecule has 22 heavy (non-hydrogen) atoms. The van der Waals surface area contributed by atoms with Gasteiger partial charge in [-0.1, -0.05) is 25.6 Å². The van der Waals surface area contributed by atoms with E-state index in [0.717, 1.165) is 15.2 Å². The van der Waals surface area contributed by atoms with Crippen LogP contribution in [0.3, 0.4) is 0 Å². The van der Waals surface area contributed by atoms with E-state index in [1.165, 1.54) is 18.1 Å². The van der Waals surface area contributed by atoms with Gasteiger partial charge in [0.25, 0.3) is 0 Å². The molecule has 1 amide bonds. The minimum Gasteiger partial charge on any atom is -0.337 e. The number of fused-ring (bicyclic) bond motifs is 1. The van der Waals surface area contributed by atoms with Crippen LogP contribution in [0.2, 0.25) is 0 Å². The maximum atomic E-state index is 12.4. The second-order valence-electron chi connectivity index (χ2n) is 5.54. The molecule has 7 heteroatoms. The zero-order valence-corrected chi connectivity index (χ0v) is 14.6. The van der Waals surface area contributed by atoms with Crippen molar-refractivity contribution in [2.24, 2.45) is 5.92 Å². The molecule has 0 aliphatic heterocycles. The Morgan fingerprint density at radius 1 is 1.45 bits per heavy atom. The standard InChI is InChI=1S/C15H18N4OS2/c1-9(2)15(4,7-16)19-12(20)10(3)22-14-11-5-6-21-13(11)17-8-18-14/h5-6,8-10H,1-4H3,(H,19,20)/t10-,15+/m1/s1. The summed E-state index contributed by atoms with van der Waals surface area (Å²) in [5, 5.41) is 15.5. The Morgan fingerprint density at radius 2 is 2.18 bits per heavy atom. The molecule has 2 aromatic heterocycles. The minimum atomic E-state index is -0.866. The summed E-state index contributed by atoms with van der Waals surface area (Å²) >= 11 is 2.93. The number of carbonyl (C=O) groups is 1. The fraction of sp³-hybridized carbons (Fsp3) is 0.467. The Morgan fingerprint density at radius 3 is 2.82 bits per heavy atom. The van der Waals surface area contributed by atoms with Gasteiger partial charge < -0.3 is 5.32 Å². The zero-order chi connectivity index (χ0) is 16.3. The topological polar surface area (TPSA) is 78.7 Å². The highest BCUT2D eigenvalue weighted by atomic mass is 32.2. The van der Waals surface area contributed by atoms with Crippen molar-refractivity contribution in [2.75, 3.05) is 0 Å². The van der Waals surface area contributed by atoms with Crippen LogP contribution in [0.4, 0.5) is 0 Å². The maximum Gasteiger partial charge on any atom is 0.234 e. The van der Waals surface area contributed by atoms with Gasteiger partial charge in [-0.2, -0.15) is 5.26 Å². The molecule has 0 aliphatic rings. The third-order valence-electron chi connectivity index (χ3n) is 3.65. The van der Waals surface area contributed by atoms with E-state index in [4.69, 9.17) is 0 Å². The number of nitrogens with one attached hydrogen (secondary N) is 1. The van der Waals surface area contributed by atoms with E-state index in [1.807, 2.05) is 32.2 Å². The lowest BCUT2D eigenvalue weighted by Crippen LogP contribution is -2.51. The van der Waals surface area contributed by atoms with Crippen LogP contribution in [0.5, 0.6) is 0 Å². The fourth-order valence-corrected chi connectivity index (χ4v) is 3.44. The molecule has 2 atom stereocenters. The van der Waals surface area contributed by atoms with Crippen molar-refractivity contribution in [2.45, 2.75) is 43.5 Å². The number of thioether (sulfide) groups is 1. The molecule has 0 radical (unpaired) electrons. The Balaban J connectivity index is 2.12. The summed E-state index contributed by atoms with van der Waals surface area (Å²) in [6.45, 7) is 7.40. The number of nitrogens with zero attached hydrogens (tertiary/aromatic N) is 3. The third-order valence-corrected chi connectivity index (χ3v) is 5.59. The average Bonchev–Trinajstić information content (AvgIpc) is 2.96. The molecule has 0 unspecified atom stereocenters. The molecule has 1 N–H and O–H groups in total. The van der Waals surface area contributed by atoms with Crippen LogP contribution in [0, 0.1) is 17.2 Å². The van der Waals surface area contributed by atoms with Gasteiger partial charge in [-0.05, 0) is 31.2 Å². The van der Waals surface area contributed by atoms with E-state index >= 15 is 0 Å². The summed E-state index contributed by atoms with van der Waals surface area (Å²) in [5.74, 6) is -0.133. The molecule has 0 fully saturated rings. The van der Waals surface area contributed by atoms with Gasteiger partial charge >= 0.3 is 0 Å². The lowest BCUT2D eigenvalue weighted by Gasteiger charge is -2.28. The molecule has 0 aromatic carbocycles. The van der Waals surface area contributed by atoms with Crippen molar-refractivity contribution in [3.05, 3.63) is 17.8 Å². The highest BCUT2D eigenvalue weighted by Crippen LogP contribution is 2.30. The smallest absolute Gasteiger partial charge is 0.234 e. The Bertz CT molecular complexity index is 722. The van der Waals surface area contributed by atoms with Gasteiger partial charge in [-0.3, -0.25) is 4.79 Å². The van der Waals surface area contributed by atoms with Crippen LogP contribution >= 0.6 is 23.1 Å². The molecule has 2 aromatic rings. The average molecular weight is 334 g/mol. The molecular weight excluding hydrogens is 316 g/mol. The number of carbonyl (C=O) groups excluding carboxylic acids is 1. The van der Waals surface area contributed by atoms with Crippen LogP contribution in [0.15, 0.2) is 22.8 Å². The van der Waals surface area contributed by atoms with E-state index < -0.39 is 5.54 Å². The van der Waals surface area contributed by atoms with Gasteiger partial charge in [0.15, 0.2) is 0 Å². The summed E-state index contributed by atoms with van der Waals surface area (Å²) in [6, 6.07) is 4.15. The van der Waals surface area contributed by atoms with Crippen LogP contribution in [0.25, 0.3) is 10.2 Å². The van der Waals surface area contributed by atoms with E-state index in [1.54, 1.807) is 18.3 Å². The Labute approximate surface area is 138 Å². The van der Waals surface area contributed by atoms with E-state index in [0.29, 0.717) is 0 Å². The predicted octanol–water partition coefficient (Wildman–Crippen LogP) is 3.23. The monoisotopic (exact) mass is 334 g/mol. The second-order valence-corrected chi connectivity index (χ2v) is 7.76. The molecule has 5 nitrogen and oxygen atoms in total. The number of rotatable bonds is 5. The molecule has 116 valence electrons. The van der Waals surface area contributed by atoms with Gasteiger partial charge in [0, 0.05) is 5.39 Å². The van der Waals surface area contributed by atoms with Crippen LogP contribution in [-0.4, -0.2) is 26.7 Å². The normalized spacial score (nSPS) is 15.3. The minimum absolute atomic E-state index is 0.0290. The van der Waals surface area contributed by atoms with Crippen LogP contribution < -0.4 is 5.32 Å². The highest BCUT2D eigenvalue weighted by molar-refractivity contribution is 8.00. The first kappa shape index (κ1) is 16.7. The van der Waals surface area contributed by atoms with E-state index in [2.05, 4.69) is 21.4 Å². The molecule has 0 aliphatic carbocycles. The summed E-state index contributed by atoms with van der Waals surface area (Å²) in [4.78, 5) is 21.8. The number of nitriles is 1. The first-order valence-corrected chi connectivity index (χ1v) is 8.71. The molecule has 2 heterocycles. The van der Waals surface area contributed by atoms with Crippen molar-refractivity contribution in [1.82, 2.24) is 15.3 Å². The van der Waals surface area contributed by atoms with Crippen molar-refractivity contribution in [3.63, 3.8) is 0 Å². The molecular formula is C15H18N4OS2. The van der Waals surface area contributed by atoms with Gasteiger partial charge in [0.05, 0.1) is 11.3 Å². The molecule has 0 spiro atoms. The number of aromatic nitrogens is 2. The SMILES string of the molecule is CC(C)[C@](C)(C#N)NC(=O)[C@@H](C)Sc1ncnc2sccc12. The number of amides is 1. The van der Waals surface area contributed by atoms with Gasteiger partial charge in [0.2, 0.25) is 5.91 Å². The van der Waals surface area contributed by atoms with Gasteiger partial charge in [-0.15, -0.1) is 11.3 Å². The summed E-state index contributed by atoms with van der Waals surface area (Å²) in [6.07, 6.45) is 1.51. The Hall–Kier alpha value is -1.65. The first-order chi connectivity index (χ1) is 10.4. The lowest BCUT2D eigenvalue weighted by atomic mass is 9.90. The van der Waals surface area contributed by atoms with Crippen LogP contribution in [-0.2, 0) is 4.79 Å². The van der Waals surface area contributed by atoms with Crippen molar-refractivity contribution < 1.29 is 4.79 Å². The van der Waals surface area contributed by atoms with Crippen molar-refractivity contribution >= 4 is 39.2 Å². The molecule has 0 bridgehead atoms. The highest BCUT2D eigenvalue weighted by Gasteiger charge is 2.32. The van der Waals surface area contributed by atoms with Crippen molar-refractivity contribution in [3.8, 4) is 6.07 Å². The van der Waals surface area contributed by atoms with E-state index in [9.17, 15) is 10.1 Å². The molecule has 2 rings (SSSR count). The fourth-order valence-electron chi connectivity index (χ4n) is 1.74. The third kappa shape index (κ3) is 3.39. The first-order valence-electron chi connectivity index (χ1n) is 6.95. The number of hydrogen-bond acceptors (Lipinski definition) is 6. The maximum absolute atomic E-state index is 12.4. The molecule has 0 saturated heterocycles. The summed E-state index contributed by atoms with van der Waals surface area (Å²) in [5.41, 5.74) is -0.866. The molecule has 0 saturated carbocycles. The van der Waals surface area contributed by atoms with Crippen molar-refractivity contribution in [1.29, 1.82) is 5.26 Å². The lowest BCUT2D eigenvalue weighted by molar-refractivity contribution is -0.121. The summed E-state index contributed by atoms with van der Waals surface area (Å²) < 4.78 is 0. The van der Waals surface area contributed by atoms with Gasteiger partial charge in [-0.25, -0.2) is 9.97 Å². The predicted molar refractivity (Wildman–Crippen MR) is 89.7 cm³/mol. The van der Waals surface area contributed by atoms with E-state index in [-0.39, 0.29) is 17.1 Å².